The predicted octanol–water partition coefficient (Wildman–Crippen LogP) is 1.92. The maximum absolute atomic E-state index is 12.3. The zero-order valence-electron chi connectivity index (χ0n) is 11.8. The first kappa shape index (κ1) is 15.1. The van der Waals surface area contributed by atoms with Gasteiger partial charge in [0.15, 0.2) is 0 Å². The molecule has 0 aromatic heterocycles. The van der Waals surface area contributed by atoms with E-state index in [1.165, 1.54) is 19.2 Å². The number of primary amides is 1. The SMILES string of the molecule is COc1cccc(NC(=O)c2ccccc2C(N)=O)c1C#N. The van der Waals surface area contributed by atoms with Gasteiger partial charge in [0.05, 0.1) is 23.9 Å². The Labute approximate surface area is 127 Å². The van der Waals surface area contributed by atoms with Crippen LogP contribution < -0.4 is 15.8 Å². The van der Waals surface area contributed by atoms with E-state index in [1.807, 2.05) is 6.07 Å². The first-order valence-electron chi connectivity index (χ1n) is 6.35. The van der Waals surface area contributed by atoms with Crippen LogP contribution in [0.15, 0.2) is 42.5 Å². The number of rotatable bonds is 4. The van der Waals surface area contributed by atoms with E-state index < -0.39 is 11.8 Å². The first-order chi connectivity index (χ1) is 10.6. The van der Waals surface area contributed by atoms with Crippen molar-refractivity contribution in [2.75, 3.05) is 12.4 Å². The van der Waals surface area contributed by atoms with Gasteiger partial charge in [0.1, 0.15) is 17.4 Å². The Hall–Kier alpha value is -3.33. The summed E-state index contributed by atoms with van der Waals surface area (Å²) in [6.07, 6.45) is 0. The maximum atomic E-state index is 12.3. The molecular formula is C16H13N3O3. The van der Waals surface area contributed by atoms with Crippen LogP contribution in [0.2, 0.25) is 0 Å². The third-order valence-corrected chi connectivity index (χ3v) is 3.04. The highest BCUT2D eigenvalue weighted by Crippen LogP contribution is 2.26. The molecule has 0 spiro atoms. The molecule has 0 aliphatic rings. The quantitative estimate of drug-likeness (QED) is 0.898. The predicted molar refractivity (Wildman–Crippen MR) is 80.6 cm³/mol. The standard InChI is InChI=1S/C16H13N3O3/c1-22-14-8-4-7-13(12(14)9-17)19-16(21)11-6-3-2-5-10(11)15(18)20/h2-8H,1H3,(H2,18,20)(H,19,21). The van der Waals surface area contributed by atoms with E-state index in [-0.39, 0.29) is 16.7 Å². The van der Waals surface area contributed by atoms with Crippen LogP contribution in [0.1, 0.15) is 26.3 Å². The van der Waals surface area contributed by atoms with Crippen molar-refractivity contribution in [3.8, 4) is 11.8 Å². The minimum atomic E-state index is -0.697. The van der Waals surface area contributed by atoms with Gasteiger partial charge in [0.25, 0.3) is 5.91 Å². The third kappa shape index (κ3) is 2.88. The second kappa shape index (κ2) is 6.41. The molecule has 0 saturated carbocycles. The van der Waals surface area contributed by atoms with Crippen molar-refractivity contribution >= 4 is 17.5 Å². The maximum Gasteiger partial charge on any atom is 0.256 e. The van der Waals surface area contributed by atoms with Crippen LogP contribution in [0.4, 0.5) is 5.69 Å². The Balaban J connectivity index is 2.39. The number of carbonyl (C=O) groups is 2. The number of nitrogens with one attached hydrogen (secondary N) is 1. The molecule has 110 valence electrons. The van der Waals surface area contributed by atoms with Crippen LogP contribution >= 0.6 is 0 Å². The summed E-state index contributed by atoms with van der Waals surface area (Å²) in [5.74, 6) is -0.875. The largest absolute Gasteiger partial charge is 0.495 e. The lowest BCUT2D eigenvalue weighted by molar-refractivity contribution is 0.0977. The monoisotopic (exact) mass is 295 g/mol. The molecule has 3 N–H and O–H groups in total. The van der Waals surface area contributed by atoms with Gasteiger partial charge in [-0.3, -0.25) is 9.59 Å². The molecule has 0 heterocycles. The molecule has 6 nitrogen and oxygen atoms in total. The van der Waals surface area contributed by atoms with E-state index in [2.05, 4.69) is 5.32 Å². The Bertz CT molecular complexity index is 778. The Morgan fingerprint density at radius 2 is 1.82 bits per heavy atom. The molecule has 0 saturated heterocycles. The van der Waals surface area contributed by atoms with Gasteiger partial charge < -0.3 is 15.8 Å². The average Bonchev–Trinajstić information content (AvgIpc) is 2.54. The Morgan fingerprint density at radius 1 is 1.14 bits per heavy atom. The van der Waals surface area contributed by atoms with Crippen molar-refractivity contribution < 1.29 is 14.3 Å². The van der Waals surface area contributed by atoms with Gasteiger partial charge in [-0.1, -0.05) is 18.2 Å². The lowest BCUT2D eigenvalue weighted by atomic mass is 10.1. The second-order valence-electron chi connectivity index (χ2n) is 4.36. The summed E-state index contributed by atoms with van der Waals surface area (Å²) in [4.78, 5) is 23.7. The highest BCUT2D eigenvalue weighted by atomic mass is 16.5. The molecule has 0 aliphatic carbocycles. The van der Waals surface area contributed by atoms with Gasteiger partial charge in [0, 0.05) is 0 Å². The zero-order chi connectivity index (χ0) is 16.1. The summed E-state index contributed by atoms with van der Waals surface area (Å²) in [5.41, 5.74) is 6.01. The second-order valence-corrected chi connectivity index (χ2v) is 4.36. The summed E-state index contributed by atoms with van der Waals surface area (Å²) in [6, 6.07) is 13.0. The van der Waals surface area contributed by atoms with Gasteiger partial charge >= 0.3 is 0 Å². The number of ether oxygens (including phenoxy) is 1. The number of anilines is 1. The molecule has 0 radical (unpaired) electrons. The molecule has 0 fully saturated rings. The Morgan fingerprint density at radius 3 is 2.41 bits per heavy atom. The van der Waals surface area contributed by atoms with Crippen molar-refractivity contribution in [1.29, 1.82) is 5.26 Å². The minimum Gasteiger partial charge on any atom is -0.495 e. The molecule has 2 aromatic carbocycles. The third-order valence-electron chi connectivity index (χ3n) is 3.04. The van der Waals surface area contributed by atoms with Gasteiger partial charge in [-0.15, -0.1) is 0 Å². The molecule has 22 heavy (non-hydrogen) atoms. The van der Waals surface area contributed by atoms with Crippen LogP contribution in [0.25, 0.3) is 0 Å². The highest BCUT2D eigenvalue weighted by Gasteiger charge is 2.17. The summed E-state index contributed by atoms with van der Waals surface area (Å²) in [7, 11) is 1.43. The van der Waals surface area contributed by atoms with Crippen LogP contribution in [0.3, 0.4) is 0 Å². The first-order valence-corrected chi connectivity index (χ1v) is 6.35. The number of nitriles is 1. The number of methoxy groups -OCH3 is 1. The van der Waals surface area contributed by atoms with Crippen molar-refractivity contribution in [2.45, 2.75) is 0 Å². The van der Waals surface area contributed by atoms with Crippen LogP contribution in [0, 0.1) is 11.3 Å². The minimum absolute atomic E-state index is 0.112. The molecular weight excluding hydrogens is 282 g/mol. The lowest BCUT2D eigenvalue weighted by Crippen LogP contribution is -2.20. The van der Waals surface area contributed by atoms with Gasteiger partial charge in [-0.25, -0.2) is 0 Å². The topological polar surface area (TPSA) is 105 Å². The van der Waals surface area contributed by atoms with E-state index in [4.69, 9.17) is 10.5 Å². The summed E-state index contributed by atoms with van der Waals surface area (Å²) in [5, 5.41) is 11.8. The van der Waals surface area contributed by atoms with Crippen LogP contribution in [-0.4, -0.2) is 18.9 Å². The van der Waals surface area contributed by atoms with E-state index in [1.54, 1.807) is 30.3 Å². The summed E-state index contributed by atoms with van der Waals surface area (Å²) >= 11 is 0. The van der Waals surface area contributed by atoms with Gasteiger partial charge in [-0.2, -0.15) is 5.26 Å². The number of hydrogen-bond acceptors (Lipinski definition) is 4. The van der Waals surface area contributed by atoms with E-state index in [9.17, 15) is 14.9 Å². The number of amides is 2. The van der Waals surface area contributed by atoms with Crippen molar-refractivity contribution in [3.63, 3.8) is 0 Å². The average molecular weight is 295 g/mol. The fraction of sp³-hybridized carbons (Fsp3) is 0.0625. The van der Waals surface area contributed by atoms with Crippen LogP contribution in [-0.2, 0) is 0 Å². The molecule has 0 unspecified atom stereocenters. The summed E-state index contributed by atoms with van der Waals surface area (Å²) in [6.45, 7) is 0. The molecule has 6 heteroatoms. The number of hydrogen-bond donors (Lipinski definition) is 2. The number of benzene rings is 2. The van der Waals surface area contributed by atoms with E-state index in [0.29, 0.717) is 11.4 Å². The Kier molecular flexibility index (Phi) is 4.39. The fourth-order valence-electron chi connectivity index (χ4n) is 2.01. The smallest absolute Gasteiger partial charge is 0.256 e. The van der Waals surface area contributed by atoms with Gasteiger partial charge in [-0.05, 0) is 24.3 Å². The van der Waals surface area contributed by atoms with Crippen LogP contribution in [0.5, 0.6) is 5.75 Å². The van der Waals surface area contributed by atoms with E-state index in [0.717, 1.165) is 0 Å². The van der Waals surface area contributed by atoms with Crippen molar-refractivity contribution in [2.24, 2.45) is 5.73 Å². The lowest BCUT2D eigenvalue weighted by Gasteiger charge is -2.11. The number of carbonyl (C=O) groups excluding carboxylic acids is 2. The number of nitrogens with two attached hydrogens (primary N) is 1. The number of nitrogens with zero attached hydrogens (tertiary/aromatic N) is 1. The molecule has 2 aromatic rings. The molecule has 0 aliphatic heterocycles. The van der Waals surface area contributed by atoms with Crippen molar-refractivity contribution in [1.82, 2.24) is 0 Å². The molecule has 2 rings (SSSR count). The molecule has 0 bridgehead atoms. The normalized spacial score (nSPS) is 9.64. The highest BCUT2D eigenvalue weighted by molar-refractivity contribution is 6.12. The fourth-order valence-corrected chi connectivity index (χ4v) is 2.01. The molecule has 0 atom stereocenters. The van der Waals surface area contributed by atoms with Gasteiger partial charge in [0.2, 0.25) is 5.91 Å². The zero-order valence-corrected chi connectivity index (χ0v) is 11.8. The van der Waals surface area contributed by atoms with Crippen molar-refractivity contribution in [3.05, 3.63) is 59.2 Å². The van der Waals surface area contributed by atoms with E-state index >= 15 is 0 Å². The molecule has 2 amide bonds. The summed E-state index contributed by atoms with van der Waals surface area (Å²) < 4.78 is 5.08.